The Balaban J connectivity index is 2.42. The topological polar surface area (TPSA) is 58.6 Å². The Bertz CT molecular complexity index is 435. The van der Waals surface area contributed by atoms with Crippen molar-refractivity contribution < 1.29 is 27.8 Å². The number of aliphatic hydroxyl groups excluding tert-OH is 1. The van der Waals surface area contributed by atoms with Gasteiger partial charge in [0, 0.05) is 6.54 Å². The molecule has 1 aromatic rings. The van der Waals surface area contributed by atoms with Crippen LogP contribution in [-0.4, -0.2) is 37.4 Å². The molecule has 1 aromatic carbocycles. The third-order valence-corrected chi connectivity index (χ3v) is 2.42. The SMILES string of the molecule is O=C(Cc1cccc(C(F)(F)F)c1)NCCOCCO. The van der Waals surface area contributed by atoms with Crippen LogP contribution in [0.2, 0.25) is 0 Å². The molecule has 4 nitrogen and oxygen atoms in total. The van der Waals surface area contributed by atoms with Crippen LogP contribution >= 0.6 is 0 Å². The van der Waals surface area contributed by atoms with Gasteiger partial charge in [-0.15, -0.1) is 0 Å². The van der Waals surface area contributed by atoms with E-state index >= 15 is 0 Å². The predicted molar refractivity (Wildman–Crippen MR) is 66.1 cm³/mol. The second kappa shape index (κ2) is 7.86. The highest BCUT2D eigenvalue weighted by atomic mass is 19.4. The van der Waals surface area contributed by atoms with E-state index in [0.717, 1.165) is 12.1 Å². The number of nitrogens with one attached hydrogen (secondary N) is 1. The number of ether oxygens (including phenoxy) is 1. The predicted octanol–water partition coefficient (Wildman–Crippen LogP) is 1.37. The molecule has 1 amide bonds. The number of benzene rings is 1. The van der Waals surface area contributed by atoms with Gasteiger partial charge in [0.2, 0.25) is 5.91 Å². The van der Waals surface area contributed by atoms with Crippen molar-refractivity contribution in [2.24, 2.45) is 0 Å². The molecule has 2 N–H and O–H groups in total. The Morgan fingerprint density at radius 2 is 2.05 bits per heavy atom. The van der Waals surface area contributed by atoms with E-state index in [1.54, 1.807) is 0 Å². The highest BCUT2D eigenvalue weighted by molar-refractivity contribution is 5.78. The van der Waals surface area contributed by atoms with Gasteiger partial charge in [-0.3, -0.25) is 4.79 Å². The molecule has 0 saturated carbocycles. The zero-order valence-electron chi connectivity index (χ0n) is 10.7. The Hall–Kier alpha value is -1.60. The molecular weight excluding hydrogens is 275 g/mol. The summed E-state index contributed by atoms with van der Waals surface area (Å²) in [5.74, 6) is -0.378. The lowest BCUT2D eigenvalue weighted by Crippen LogP contribution is -2.29. The number of carbonyl (C=O) groups excluding carboxylic acids is 1. The molecule has 7 heteroatoms. The lowest BCUT2D eigenvalue weighted by Gasteiger charge is -2.09. The summed E-state index contributed by atoms with van der Waals surface area (Å²) in [4.78, 5) is 11.5. The van der Waals surface area contributed by atoms with Crippen LogP contribution in [0.15, 0.2) is 24.3 Å². The molecule has 0 aromatic heterocycles. The summed E-state index contributed by atoms with van der Waals surface area (Å²) in [6.07, 6.45) is -4.53. The maximum atomic E-state index is 12.5. The summed E-state index contributed by atoms with van der Waals surface area (Å²) in [5, 5.41) is 11.0. The number of aliphatic hydroxyl groups is 1. The van der Waals surface area contributed by atoms with E-state index < -0.39 is 11.7 Å². The minimum Gasteiger partial charge on any atom is -0.394 e. The molecule has 1 rings (SSSR count). The fourth-order valence-electron chi connectivity index (χ4n) is 1.53. The van der Waals surface area contributed by atoms with E-state index in [0.29, 0.717) is 5.56 Å². The van der Waals surface area contributed by atoms with Crippen LogP contribution in [0.25, 0.3) is 0 Å². The van der Waals surface area contributed by atoms with Crippen LogP contribution in [0.3, 0.4) is 0 Å². The summed E-state index contributed by atoms with van der Waals surface area (Å²) in [5.41, 5.74) is -0.470. The van der Waals surface area contributed by atoms with Crippen LogP contribution in [0.5, 0.6) is 0 Å². The fraction of sp³-hybridized carbons (Fsp3) is 0.462. The van der Waals surface area contributed by atoms with Gasteiger partial charge < -0.3 is 15.2 Å². The van der Waals surface area contributed by atoms with Gasteiger partial charge in [-0.1, -0.05) is 18.2 Å². The molecule has 0 heterocycles. The average Bonchev–Trinajstić information content (AvgIpc) is 2.38. The third kappa shape index (κ3) is 6.03. The number of amides is 1. The standard InChI is InChI=1S/C13H16F3NO3/c14-13(15,16)11-3-1-2-10(8-11)9-12(19)17-4-6-20-7-5-18/h1-3,8,18H,4-7,9H2,(H,17,19). The molecule has 0 unspecified atom stereocenters. The third-order valence-electron chi connectivity index (χ3n) is 2.42. The van der Waals surface area contributed by atoms with Crippen LogP contribution in [0, 0.1) is 0 Å². The minimum atomic E-state index is -4.41. The van der Waals surface area contributed by atoms with E-state index in [-0.39, 0.29) is 38.7 Å². The summed E-state index contributed by atoms with van der Waals surface area (Å²) in [6, 6.07) is 4.67. The first kappa shape index (κ1) is 16.5. The molecule has 0 saturated heterocycles. The van der Waals surface area contributed by atoms with Crippen molar-refractivity contribution in [3.8, 4) is 0 Å². The number of halogens is 3. The van der Waals surface area contributed by atoms with Gasteiger partial charge >= 0.3 is 6.18 Å². The largest absolute Gasteiger partial charge is 0.416 e. The van der Waals surface area contributed by atoms with Gasteiger partial charge in [-0.05, 0) is 11.6 Å². The van der Waals surface area contributed by atoms with Crippen LogP contribution in [-0.2, 0) is 22.1 Å². The second-order valence-electron chi connectivity index (χ2n) is 4.06. The van der Waals surface area contributed by atoms with Crippen molar-refractivity contribution in [1.29, 1.82) is 0 Å². The van der Waals surface area contributed by atoms with Crippen LogP contribution in [0.4, 0.5) is 13.2 Å². The van der Waals surface area contributed by atoms with Gasteiger partial charge in [0.05, 0.1) is 31.8 Å². The lowest BCUT2D eigenvalue weighted by molar-refractivity contribution is -0.137. The molecule has 0 aliphatic heterocycles. The van der Waals surface area contributed by atoms with Crippen molar-refractivity contribution in [1.82, 2.24) is 5.32 Å². The summed E-state index contributed by atoms with van der Waals surface area (Å²) >= 11 is 0. The fourth-order valence-corrected chi connectivity index (χ4v) is 1.53. The molecule has 0 aliphatic carbocycles. The van der Waals surface area contributed by atoms with E-state index in [2.05, 4.69) is 5.32 Å². The maximum absolute atomic E-state index is 12.5. The Labute approximate surface area is 114 Å². The molecule has 0 fully saturated rings. The first-order chi connectivity index (χ1) is 9.43. The van der Waals surface area contributed by atoms with Crippen molar-refractivity contribution in [3.63, 3.8) is 0 Å². The molecule has 0 radical (unpaired) electrons. The Morgan fingerprint density at radius 3 is 2.70 bits per heavy atom. The highest BCUT2D eigenvalue weighted by Crippen LogP contribution is 2.29. The van der Waals surface area contributed by atoms with Gasteiger partial charge in [0.25, 0.3) is 0 Å². The first-order valence-electron chi connectivity index (χ1n) is 6.05. The van der Waals surface area contributed by atoms with Gasteiger partial charge in [0.15, 0.2) is 0 Å². The summed E-state index contributed by atoms with van der Waals surface area (Å²) in [6.45, 7) is 0.578. The molecule has 0 aliphatic rings. The van der Waals surface area contributed by atoms with Crippen molar-refractivity contribution in [2.75, 3.05) is 26.4 Å². The van der Waals surface area contributed by atoms with Crippen LogP contribution < -0.4 is 5.32 Å². The van der Waals surface area contributed by atoms with Gasteiger partial charge in [-0.2, -0.15) is 13.2 Å². The number of hydrogen-bond acceptors (Lipinski definition) is 3. The highest BCUT2D eigenvalue weighted by Gasteiger charge is 2.30. The molecular formula is C13H16F3NO3. The first-order valence-corrected chi connectivity index (χ1v) is 6.05. The average molecular weight is 291 g/mol. The van der Waals surface area contributed by atoms with Crippen molar-refractivity contribution in [2.45, 2.75) is 12.6 Å². The van der Waals surface area contributed by atoms with Gasteiger partial charge in [-0.25, -0.2) is 0 Å². The number of rotatable bonds is 7. The van der Waals surface area contributed by atoms with Crippen molar-refractivity contribution >= 4 is 5.91 Å². The second-order valence-corrected chi connectivity index (χ2v) is 4.06. The molecule has 112 valence electrons. The van der Waals surface area contributed by atoms with Crippen molar-refractivity contribution in [3.05, 3.63) is 35.4 Å². The van der Waals surface area contributed by atoms with Crippen LogP contribution in [0.1, 0.15) is 11.1 Å². The van der Waals surface area contributed by atoms with Gasteiger partial charge in [0.1, 0.15) is 0 Å². The number of alkyl halides is 3. The van der Waals surface area contributed by atoms with E-state index in [9.17, 15) is 18.0 Å². The molecule has 20 heavy (non-hydrogen) atoms. The summed E-state index contributed by atoms with van der Waals surface area (Å²) < 4.78 is 42.4. The molecule has 0 bridgehead atoms. The molecule has 0 spiro atoms. The minimum absolute atomic E-state index is 0.0990. The van der Waals surface area contributed by atoms with E-state index in [4.69, 9.17) is 9.84 Å². The quantitative estimate of drug-likeness (QED) is 0.746. The number of hydrogen-bond donors (Lipinski definition) is 2. The zero-order chi connectivity index (χ0) is 15.0. The van der Waals surface area contributed by atoms with E-state index in [1.165, 1.54) is 12.1 Å². The Morgan fingerprint density at radius 1 is 1.30 bits per heavy atom. The normalized spacial score (nSPS) is 11.4. The maximum Gasteiger partial charge on any atom is 0.416 e. The monoisotopic (exact) mass is 291 g/mol. The zero-order valence-corrected chi connectivity index (χ0v) is 10.7. The van der Waals surface area contributed by atoms with E-state index in [1.807, 2.05) is 0 Å². The number of carbonyl (C=O) groups is 1. The smallest absolute Gasteiger partial charge is 0.394 e. The lowest BCUT2D eigenvalue weighted by atomic mass is 10.1. The summed E-state index contributed by atoms with van der Waals surface area (Å²) in [7, 11) is 0. The Kier molecular flexibility index (Phi) is 6.47. The molecule has 0 atom stereocenters.